The van der Waals surface area contributed by atoms with Crippen molar-refractivity contribution in [3.05, 3.63) is 29.6 Å². The Morgan fingerprint density at radius 2 is 2.37 bits per heavy atom. The zero-order valence-electron chi connectivity index (χ0n) is 10.8. The highest BCUT2D eigenvalue weighted by Crippen LogP contribution is 2.14. The molecule has 0 aromatic heterocycles. The van der Waals surface area contributed by atoms with Gasteiger partial charge in [0.25, 0.3) is 0 Å². The fourth-order valence-electron chi connectivity index (χ4n) is 2.13. The van der Waals surface area contributed by atoms with E-state index in [0.717, 1.165) is 26.0 Å². The van der Waals surface area contributed by atoms with E-state index in [-0.39, 0.29) is 17.6 Å². The molecular weight excluding hydrogens is 247 g/mol. The van der Waals surface area contributed by atoms with Gasteiger partial charge in [-0.3, -0.25) is 4.79 Å². The minimum Gasteiger partial charge on any atom is -0.396 e. The summed E-state index contributed by atoms with van der Waals surface area (Å²) >= 11 is 0. The Kier molecular flexibility index (Phi) is 4.87. The summed E-state index contributed by atoms with van der Waals surface area (Å²) in [5, 5.41) is 3.20. The molecule has 2 rings (SSSR count). The number of Topliss-reactive ketones (excluding diaryl/α,β-unsaturated/α-hetero) is 1. The van der Waals surface area contributed by atoms with Crippen molar-refractivity contribution in [1.82, 2.24) is 5.32 Å². The van der Waals surface area contributed by atoms with Crippen LogP contribution in [0.5, 0.6) is 0 Å². The van der Waals surface area contributed by atoms with Crippen LogP contribution >= 0.6 is 0 Å². The van der Waals surface area contributed by atoms with Crippen molar-refractivity contribution in [3.8, 4) is 0 Å². The number of carbonyl (C=O) groups is 1. The van der Waals surface area contributed by atoms with Crippen LogP contribution in [0.15, 0.2) is 18.2 Å². The fraction of sp³-hybridized carbons (Fsp3) is 0.500. The Labute approximate surface area is 112 Å². The first-order valence-electron chi connectivity index (χ1n) is 6.57. The van der Waals surface area contributed by atoms with Crippen molar-refractivity contribution in [1.29, 1.82) is 0 Å². The normalized spacial score (nSPS) is 18.7. The van der Waals surface area contributed by atoms with Gasteiger partial charge in [-0.05, 0) is 31.0 Å². The molecule has 0 bridgehead atoms. The lowest BCUT2D eigenvalue weighted by molar-refractivity contribution is 0.0968. The van der Waals surface area contributed by atoms with Gasteiger partial charge < -0.3 is 15.8 Å². The van der Waals surface area contributed by atoms with E-state index in [1.807, 2.05) is 0 Å². The highest BCUT2D eigenvalue weighted by molar-refractivity contribution is 5.96. The minimum absolute atomic E-state index is 0.0122. The molecule has 1 aliphatic rings. The van der Waals surface area contributed by atoms with Crippen LogP contribution in [0.1, 0.15) is 29.6 Å². The van der Waals surface area contributed by atoms with E-state index in [2.05, 4.69) is 5.32 Å². The Balaban J connectivity index is 1.72. The molecule has 0 aliphatic carbocycles. The number of nitrogen functional groups attached to an aromatic ring is 1. The molecule has 1 aromatic carbocycles. The van der Waals surface area contributed by atoms with Gasteiger partial charge in [-0.1, -0.05) is 0 Å². The summed E-state index contributed by atoms with van der Waals surface area (Å²) < 4.78 is 18.4. The van der Waals surface area contributed by atoms with Gasteiger partial charge in [0.05, 0.1) is 11.8 Å². The van der Waals surface area contributed by atoms with E-state index >= 15 is 0 Å². The number of nitrogens with one attached hydrogen (secondary N) is 1. The molecule has 1 fully saturated rings. The summed E-state index contributed by atoms with van der Waals surface area (Å²) in [6, 6.07) is 4.08. The third-order valence-corrected chi connectivity index (χ3v) is 3.24. The summed E-state index contributed by atoms with van der Waals surface area (Å²) in [4.78, 5) is 11.9. The van der Waals surface area contributed by atoms with E-state index in [4.69, 9.17) is 10.5 Å². The van der Waals surface area contributed by atoms with Crippen LogP contribution in [-0.2, 0) is 4.74 Å². The lowest BCUT2D eigenvalue weighted by Gasteiger charge is -2.10. The summed E-state index contributed by atoms with van der Waals surface area (Å²) in [6.07, 6.45) is 2.84. The Morgan fingerprint density at radius 1 is 1.53 bits per heavy atom. The standard InChI is InChI=1S/C14H19FN2O2/c15-12-4-3-10(8-13(12)16)14(18)5-6-17-9-11-2-1-7-19-11/h3-4,8,11,17H,1-2,5-7,9,16H2. The van der Waals surface area contributed by atoms with Gasteiger partial charge >= 0.3 is 0 Å². The van der Waals surface area contributed by atoms with Gasteiger partial charge in [0.2, 0.25) is 0 Å². The topological polar surface area (TPSA) is 64.4 Å². The molecule has 19 heavy (non-hydrogen) atoms. The molecule has 1 saturated heterocycles. The molecule has 104 valence electrons. The number of anilines is 1. The van der Waals surface area contributed by atoms with Gasteiger partial charge in [0.1, 0.15) is 5.82 Å². The van der Waals surface area contributed by atoms with Crippen LogP contribution in [0.2, 0.25) is 0 Å². The smallest absolute Gasteiger partial charge is 0.164 e. The minimum atomic E-state index is -0.493. The molecule has 0 amide bonds. The number of rotatable bonds is 6. The molecule has 1 heterocycles. The van der Waals surface area contributed by atoms with Crippen LogP contribution < -0.4 is 11.1 Å². The SMILES string of the molecule is Nc1cc(C(=O)CCNCC2CCCO2)ccc1F. The van der Waals surface area contributed by atoms with Crippen LogP contribution in [0.25, 0.3) is 0 Å². The van der Waals surface area contributed by atoms with Crippen LogP contribution in [-0.4, -0.2) is 31.6 Å². The van der Waals surface area contributed by atoms with Crippen molar-refractivity contribution >= 4 is 11.5 Å². The summed E-state index contributed by atoms with van der Waals surface area (Å²) in [5.41, 5.74) is 5.91. The van der Waals surface area contributed by atoms with Gasteiger partial charge in [-0.2, -0.15) is 0 Å². The quantitative estimate of drug-likeness (QED) is 0.468. The van der Waals surface area contributed by atoms with Gasteiger partial charge in [0.15, 0.2) is 5.78 Å². The van der Waals surface area contributed by atoms with Crippen molar-refractivity contribution in [2.24, 2.45) is 0 Å². The second-order valence-corrected chi connectivity index (χ2v) is 4.75. The van der Waals surface area contributed by atoms with Gasteiger partial charge in [-0.15, -0.1) is 0 Å². The second kappa shape index (κ2) is 6.63. The molecule has 3 N–H and O–H groups in total. The van der Waals surface area contributed by atoms with E-state index in [1.165, 1.54) is 18.2 Å². The number of halogens is 1. The van der Waals surface area contributed by atoms with E-state index in [9.17, 15) is 9.18 Å². The summed E-state index contributed by atoms with van der Waals surface area (Å²) in [6.45, 7) is 2.20. The van der Waals surface area contributed by atoms with E-state index in [1.54, 1.807) is 0 Å². The molecule has 1 unspecified atom stereocenters. The lowest BCUT2D eigenvalue weighted by atomic mass is 10.1. The fourth-order valence-corrected chi connectivity index (χ4v) is 2.13. The molecule has 1 aliphatic heterocycles. The number of ether oxygens (including phenoxy) is 1. The predicted octanol–water partition coefficient (Wildman–Crippen LogP) is 1.75. The highest BCUT2D eigenvalue weighted by Gasteiger charge is 2.14. The Bertz CT molecular complexity index is 445. The first kappa shape index (κ1) is 14.0. The summed E-state index contributed by atoms with van der Waals surface area (Å²) in [5.74, 6) is -0.528. The average molecular weight is 266 g/mol. The van der Waals surface area contributed by atoms with Crippen LogP contribution in [0.4, 0.5) is 10.1 Å². The van der Waals surface area contributed by atoms with Crippen LogP contribution in [0, 0.1) is 5.82 Å². The molecule has 0 saturated carbocycles. The molecular formula is C14H19FN2O2. The maximum atomic E-state index is 13.0. The maximum Gasteiger partial charge on any atom is 0.164 e. The Morgan fingerprint density at radius 3 is 3.05 bits per heavy atom. The zero-order chi connectivity index (χ0) is 13.7. The number of nitrogens with two attached hydrogens (primary N) is 1. The molecule has 0 spiro atoms. The first-order valence-corrected chi connectivity index (χ1v) is 6.57. The molecule has 1 atom stereocenters. The highest BCUT2D eigenvalue weighted by atomic mass is 19.1. The van der Waals surface area contributed by atoms with Crippen LogP contribution in [0.3, 0.4) is 0 Å². The van der Waals surface area contributed by atoms with Gasteiger partial charge in [-0.25, -0.2) is 4.39 Å². The third kappa shape index (κ3) is 4.01. The number of benzene rings is 1. The maximum absolute atomic E-state index is 13.0. The number of hydrogen-bond acceptors (Lipinski definition) is 4. The van der Waals surface area contributed by atoms with E-state index in [0.29, 0.717) is 18.5 Å². The Hall–Kier alpha value is -1.46. The van der Waals surface area contributed by atoms with Crippen molar-refractivity contribution in [3.63, 3.8) is 0 Å². The molecule has 4 nitrogen and oxygen atoms in total. The van der Waals surface area contributed by atoms with Crippen molar-refractivity contribution in [2.45, 2.75) is 25.4 Å². The van der Waals surface area contributed by atoms with Gasteiger partial charge in [0, 0.05) is 31.7 Å². The third-order valence-electron chi connectivity index (χ3n) is 3.24. The van der Waals surface area contributed by atoms with E-state index < -0.39 is 5.82 Å². The monoisotopic (exact) mass is 266 g/mol. The molecule has 0 radical (unpaired) electrons. The molecule has 5 heteroatoms. The number of carbonyl (C=O) groups excluding carboxylic acids is 1. The zero-order valence-corrected chi connectivity index (χ0v) is 10.8. The first-order chi connectivity index (χ1) is 9.16. The number of hydrogen-bond donors (Lipinski definition) is 2. The lowest BCUT2D eigenvalue weighted by Crippen LogP contribution is -2.28. The summed E-state index contributed by atoms with van der Waals surface area (Å²) in [7, 11) is 0. The molecule has 1 aromatic rings. The predicted molar refractivity (Wildman–Crippen MR) is 71.6 cm³/mol. The van der Waals surface area contributed by atoms with Crippen molar-refractivity contribution in [2.75, 3.05) is 25.4 Å². The average Bonchev–Trinajstić information content (AvgIpc) is 2.91. The van der Waals surface area contributed by atoms with Crippen molar-refractivity contribution < 1.29 is 13.9 Å². The second-order valence-electron chi connectivity index (χ2n) is 4.75. The largest absolute Gasteiger partial charge is 0.396 e. The number of ketones is 1.